The quantitative estimate of drug-likeness (QED) is 0.888. The summed E-state index contributed by atoms with van der Waals surface area (Å²) in [7, 11) is 1.97. The van der Waals surface area contributed by atoms with Crippen molar-refractivity contribution in [2.75, 3.05) is 13.7 Å². The van der Waals surface area contributed by atoms with Crippen LogP contribution in [-0.2, 0) is 0 Å². The van der Waals surface area contributed by atoms with E-state index in [1.54, 1.807) is 11.3 Å². The molecule has 1 aromatic heterocycles. The molecule has 0 spiro atoms. The third-order valence-electron chi connectivity index (χ3n) is 2.74. The maximum atomic E-state index is 5.70. The molecule has 0 aliphatic heterocycles. The van der Waals surface area contributed by atoms with E-state index < -0.39 is 0 Å². The van der Waals surface area contributed by atoms with Crippen LogP contribution in [0.4, 0.5) is 0 Å². The Morgan fingerprint density at radius 2 is 2.17 bits per heavy atom. The molecule has 0 saturated heterocycles. The smallest absolute Gasteiger partial charge is 0.124 e. The van der Waals surface area contributed by atoms with Crippen LogP contribution in [0.5, 0.6) is 5.75 Å². The predicted octanol–water partition coefficient (Wildman–Crippen LogP) is 4.22. The summed E-state index contributed by atoms with van der Waals surface area (Å²) in [6, 6.07) is 10.5. The fourth-order valence-electron chi connectivity index (χ4n) is 1.98. The van der Waals surface area contributed by atoms with E-state index >= 15 is 0 Å². The van der Waals surface area contributed by atoms with Gasteiger partial charge in [0.15, 0.2) is 0 Å². The first kappa shape index (κ1) is 13.6. The van der Waals surface area contributed by atoms with Gasteiger partial charge in [-0.3, -0.25) is 0 Å². The minimum absolute atomic E-state index is 0.162. The summed E-state index contributed by atoms with van der Waals surface area (Å²) in [5.41, 5.74) is 2.42. The van der Waals surface area contributed by atoms with Crippen LogP contribution in [0, 0.1) is 0 Å². The van der Waals surface area contributed by atoms with Gasteiger partial charge in [0.25, 0.3) is 0 Å². The van der Waals surface area contributed by atoms with E-state index in [1.165, 1.54) is 11.1 Å². The van der Waals surface area contributed by atoms with E-state index in [2.05, 4.69) is 38.8 Å². The normalized spacial score (nSPS) is 12.4. The highest BCUT2D eigenvalue weighted by Crippen LogP contribution is 2.33. The van der Waals surface area contributed by atoms with Crippen LogP contribution in [0.1, 0.15) is 24.1 Å². The average Bonchev–Trinajstić information content (AvgIpc) is 2.79. The summed E-state index contributed by atoms with van der Waals surface area (Å²) in [6.07, 6.45) is 0. The number of ether oxygens (including phenoxy) is 1. The molecule has 0 saturated carbocycles. The van der Waals surface area contributed by atoms with Crippen molar-refractivity contribution >= 4 is 27.3 Å². The third kappa shape index (κ3) is 2.94. The summed E-state index contributed by atoms with van der Waals surface area (Å²) < 4.78 is 6.84. The molecule has 0 amide bonds. The summed E-state index contributed by atoms with van der Waals surface area (Å²) in [5.74, 6) is 0.946. The predicted molar refractivity (Wildman–Crippen MR) is 80.5 cm³/mol. The van der Waals surface area contributed by atoms with Gasteiger partial charge in [0.05, 0.1) is 16.4 Å². The molecule has 18 heavy (non-hydrogen) atoms. The Morgan fingerprint density at radius 3 is 2.78 bits per heavy atom. The molecule has 1 heterocycles. The van der Waals surface area contributed by atoms with E-state index in [0.717, 1.165) is 9.54 Å². The highest BCUT2D eigenvalue weighted by atomic mass is 79.9. The van der Waals surface area contributed by atoms with Crippen molar-refractivity contribution in [3.05, 3.63) is 50.6 Å². The van der Waals surface area contributed by atoms with Crippen molar-refractivity contribution in [2.45, 2.75) is 13.0 Å². The van der Waals surface area contributed by atoms with Gasteiger partial charge in [0.2, 0.25) is 0 Å². The lowest BCUT2D eigenvalue weighted by atomic mass is 10.0. The molecule has 1 N–H and O–H groups in total. The molecule has 96 valence electrons. The molecule has 1 unspecified atom stereocenters. The van der Waals surface area contributed by atoms with Crippen molar-refractivity contribution in [3.63, 3.8) is 0 Å². The number of halogens is 1. The van der Waals surface area contributed by atoms with Crippen molar-refractivity contribution in [1.29, 1.82) is 0 Å². The second kappa shape index (κ2) is 6.36. The Labute approximate surface area is 120 Å². The highest BCUT2D eigenvalue weighted by Gasteiger charge is 2.17. The van der Waals surface area contributed by atoms with Crippen molar-refractivity contribution < 1.29 is 4.74 Å². The number of nitrogens with one attached hydrogen (secondary N) is 1. The summed E-state index contributed by atoms with van der Waals surface area (Å²) in [4.78, 5) is 0. The lowest BCUT2D eigenvalue weighted by Crippen LogP contribution is -2.18. The van der Waals surface area contributed by atoms with Gasteiger partial charge in [-0.15, -0.1) is 11.3 Å². The molecule has 1 aromatic carbocycles. The summed E-state index contributed by atoms with van der Waals surface area (Å²) >= 11 is 5.21. The van der Waals surface area contributed by atoms with Gasteiger partial charge in [-0.1, -0.05) is 18.2 Å². The van der Waals surface area contributed by atoms with E-state index in [4.69, 9.17) is 4.74 Å². The molecule has 0 radical (unpaired) electrons. The lowest BCUT2D eigenvalue weighted by molar-refractivity contribution is 0.334. The second-order valence-corrected chi connectivity index (χ2v) is 6.17. The molecule has 0 aliphatic carbocycles. The Balaban J connectivity index is 2.38. The van der Waals surface area contributed by atoms with E-state index in [0.29, 0.717) is 6.61 Å². The van der Waals surface area contributed by atoms with Crippen molar-refractivity contribution in [3.8, 4) is 5.75 Å². The van der Waals surface area contributed by atoms with Crippen LogP contribution >= 0.6 is 27.3 Å². The number of hydrogen-bond acceptors (Lipinski definition) is 3. The zero-order valence-electron chi connectivity index (χ0n) is 10.4. The van der Waals surface area contributed by atoms with Crippen LogP contribution in [-0.4, -0.2) is 13.7 Å². The fourth-order valence-corrected chi connectivity index (χ4v) is 3.18. The molecule has 2 rings (SSSR count). The van der Waals surface area contributed by atoms with Crippen molar-refractivity contribution in [2.24, 2.45) is 0 Å². The first-order valence-electron chi connectivity index (χ1n) is 5.89. The number of hydrogen-bond donors (Lipinski definition) is 1. The third-order valence-corrected chi connectivity index (χ3v) is 4.26. The number of rotatable bonds is 5. The monoisotopic (exact) mass is 325 g/mol. The molecule has 1 atom stereocenters. The minimum atomic E-state index is 0.162. The topological polar surface area (TPSA) is 21.3 Å². The molecule has 0 fully saturated rings. The van der Waals surface area contributed by atoms with E-state index in [9.17, 15) is 0 Å². The van der Waals surface area contributed by atoms with Crippen LogP contribution in [0.25, 0.3) is 0 Å². The lowest BCUT2D eigenvalue weighted by Gasteiger charge is -2.19. The SMILES string of the molecule is CCOc1ccccc1C(NC)c1csc(Br)c1. The maximum absolute atomic E-state index is 5.70. The van der Waals surface area contributed by atoms with Gasteiger partial charge in [-0.05, 0) is 53.0 Å². The highest BCUT2D eigenvalue weighted by molar-refractivity contribution is 9.11. The van der Waals surface area contributed by atoms with E-state index in [-0.39, 0.29) is 6.04 Å². The summed E-state index contributed by atoms with van der Waals surface area (Å²) in [5, 5.41) is 5.51. The van der Waals surface area contributed by atoms with Crippen LogP contribution in [0.2, 0.25) is 0 Å². The molecule has 2 aromatic rings. The van der Waals surface area contributed by atoms with Gasteiger partial charge < -0.3 is 10.1 Å². The molecular weight excluding hydrogens is 310 g/mol. The van der Waals surface area contributed by atoms with Crippen LogP contribution in [0.3, 0.4) is 0 Å². The minimum Gasteiger partial charge on any atom is -0.494 e. The molecule has 0 bridgehead atoms. The molecular formula is C14H16BrNOS. The van der Waals surface area contributed by atoms with Gasteiger partial charge in [-0.2, -0.15) is 0 Å². The molecule has 2 nitrogen and oxygen atoms in total. The van der Waals surface area contributed by atoms with Crippen LogP contribution < -0.4 is 10.1 Å². The molecule has 0 aliphatic rings. The van der Waals surface area contributed by atoms with Gasteiger partial charge >= 0.3 is 0 Å². The number of para-hydroxylation sites is 1. The fraction of sp³-hybridized carbons (Fsp3) is 0.286. The standard InChI is InChI=1S/C14H16BrNOS/c1-3-17-12-7-5-4-6-11(12)14(16-2)10-8-13(15)18-9-10/h4-9,14,16H,3H2,1-2H3. The average molecular weight is 326 g/mol. The summed E-state index contributed by atoms with van der Waals surface area (Å²) in [6.45, 7) is 2.69. The Morgan fingerprint density at radius 1 is 1.39 bits per heavy atom. The van der Waals surface area contributed by atoms with Gasteiger partial charge in [0.1, 0.15) is 5.75 Å². The van der Waals surface area contributed by atoms with E-state index in [1.807, 2.05) is 32.2 Å². The van der Waals surface area contributed by atoms with Gasteiger partial charge in [-0.25, -0.2) is 0 Å². The zero-order valence-corrected chi connectivity index (χ0v) is 12.8. The van der Waals surface area contributed by atoms with Gasteiger partial charge in [0, 0.05) is 5.56 Å². The first-order valence-corrected chi connectivity index (χ1v) is 7.56. The second-order valence-electron chi connectivity index (χ2n) is 3.88. The zero-order chi connectivity index (χ0) is 13.0. The Kier molecular flexibility index (Phi) is 4.80. The Hall–Kier alpha value is -0.840. The Bertz CT molecular complexity index is 512. The first-order chi connectivity index (χ1) is 8.76. The largest absolute Gasteiger partial charge is 0.494 e. The molecule has 4 heteroatoms. The van der Waals surface area contributed by atoms with Crippen molar-refractivity contribution in [1.82, 2.24) is 5.32 Å². The number of benzene rings is 1. The number of thiophene rings is 1. The van der Waals surface area contributed by atoms with Crippen LogP contribution in [0.15, 0.2) is 39.5 Å². The maximum Gasteiger partial charge on any atom is 0.124 e.